The minimum absolute atomic E-state index is 0.0206. The first-order valence-corrected chi connectivity index (χ1v) is 4.78. The summed E-state index contributed by atoms with van der Waals surface area (Å²) in [6.07, 6.45) is 0.115. The number of anilines is 2. The highest BCUT2D eigenvalue weighted by atomic mass is 19.3. The van der Waals surface area contributed by atoms with Crippen molar-refractivity contribution < 1.29 is 8.78 Å². The number of nitrogen functional groups attached to an aromatic ring is 1. The molecule has 2 heterocycles. The van der Waals surface area contributed by atoms with Gasteiger partial charge in [-0.1, -0.05) is 0 Å². The highest BCUT2D eigenvalue weighted by molar-refractivity contribution is 5.36. The third-order valence-electron chi connectivity index (χ3n) is 1.79. The van der Waals surface area contributed by atoms with E-state index in [1.54, 1.807) is 0 Å². The van der Waals surface area contributed by atoms with E-state index in [9.17, 15) is 8.78 Å². The van der Waals surface area contributed by atoms with Crippen LogP contribution < -0.4 is 16.6 Å². The molecule has 11 heteroatoms. The lowest BCUT2D eigenvalue weighted by atomic mass is 10.6. The zero-order valence-electron chi connectivity index (χ0n) is 8.96. The first kappa shape index (κ1) is 12.0. The minimum atomic E-state index is -2.52. The van der Waals surface area contributed by atoms with E-state index in [4.69, 9.17) is 5.84 Å². The van der Waals surface area contributed by atoms with Crippen LogP contribution in [0.4, 0.5) is 20.7 Å². The zero-order chi connectivity index (χ0) is 13.0. The zero-order valence-corrected chi connectivity index (χ0v) is 8.96. The van der Waals surface area contributed by atoms with Gasteiger partial charge in [-0.3, -0.25) is 5.43 Å². The molecule has 0 bridgehead atoms. The van der Waals surface area contributed by atoms with Crippen molar-refractivity contribution in [2.75, 3.05) is 17.3 Å². The Morgan fingerprint density at radius 1 is 1.28 bits per heavy atom. The summed E-state index contributed by atoms with van der Waals surface area (Å²) in [6.45, 7) is -0.579. The SMILES string of the molecule is NNc1nc(NCC(F)F)nc(-n2cncn2)n1. The van der Waals surface area contributed by atoms with Crippen LogP contribution in [0.25, 0.3) is 5.95 Å². The fraction of sp³-hybridized carbons (Fsp3) is 0.286. The molecule has 4 N–H and O–H groups in total. The molecule has 0 saturated carbocycles. The Labute approximate surface area is 99.4 Å². The van der Waals surface area contributed by atoms with E-state index < -0.39 is 13.0 Å². The van der Waals surface area contributed by atoms with Gasteiger partial charge in [0.25, 0.3) is 12.4 Å². The molecule has 0 amide bonds. The fourth-order valence-electron chi connectivity index (χ4n) is 1.09. The number of nitrogens with two attached hydrogens (primary N) is 1. The molecular weight excluding hydrogens is 248 g/mol. The molecule has 2 aromatic rings. The van der Waals surface area contributed by atoms with Crippen molar-refractivity contribution in [3.05, 3.63) is 12.7 Å². The molecule has 0 spiro atoms. The van der Waals surface area contributed by atoms with Crippen LogP contribution >= 0.6 is 0 Å². The molecule has 0 aromatic carbocycles. The number of aromatic nitrogens is 6. The Morgan fingerprint density at radius 3 is 2.67 bits per heavy atom. The van der Waals surface area contributed by atoms with Crippen molar-refractivity contribution in [2.45, 2.75) is 6.43 Å². The van der Waals surface area contributed by atoms with Crippen molar-refractivity contribution in [2.24, 2.45) is 5.84 Å². The van der Waals surface area contributed by atoms with E-state index >= 15 is 0 Å². The van der Waals surface area contributed by atoms with Crippen LogP contribution in [-0.2, 0) is 0 Å². The van der Waals surface area contributed by atoms with Crippen LogP contribution in [0.2, 0.25) is 0 Å². The molecule has 96 valence electrons. The second-order valence-electron chi connectivity index (χ2n) is 3.04. The Morgan fingerprint density at radius 2 is 2.06 bits per heavy atom. The van der Waals surface area contributed by atoms with E-state index in [0.29, 0.717) is 0 Å². The van der Waals surface area contributed by atoms with Crippen LogP contribution in [0.1, 0.15) is 0 Å². The van der Waals surface area contributed by atoms with Crippen LogP contribution in [0, 0.1) is 0 Å². The predicted molar refractivity (Wildman–Crippen MR) is 57.0 cm³/mol. The second-order valence-corrected chi connectivity index (χ2v) is 3.04. The van der Waals surface area contributed by atoms with Crippen LogP contribution in [0.5, 0.6) is 0 Å². The predicted octanol–water partition coefficient (Wildman–Crippen LogP) is -0.585. The van der Waals surface area contributed by atoms with Gasteiger partial charge in [0, 0.05) is 0 Å². The maximum atomic E-state index is 12.1. The van der Waals surface area contributed by atoms with Gasteiger partial charge in [-0.05, 0) is 0 Å². The highest BCUT2D eigenvalue weighted by Crippen LogP contribution is 2.07. The number of hydrazine groups is 1. The summed E-state index contributed by atoms with van der Waals surface area (Å²) in [5.41, 5.74) is 2.21. The van der Waals surface area contributed by atoms with Gasteiger partial charge < -0.3 is 5.32 Å². The van der Waals surface area contributed by atoms with E-state index in [1.165, 1.54) is 17.3 Å². The smallest absolute Gasteiger partial charge is 0.258 e. The molecule has 0 aliphatic rings. The minimum Gasteiger partial charge on any atom is -0.348 e. The molecular formula is C7H9F2N9. The topological polar surface area (TPSA) is 119 Å². The third kappa shape index (κ3) is 2.82. The quantitative estimate of drug-likeness (QED) is 0.480. The van der Waals surface area contributed by atoms with Crippen molar-refractivity contribution in [1.29, 1.82) is 0 Å². The number of nitrogens with one attached hydrogen (secondary N) is 2. The molecule has 0 aliphatic carbocycles. The molecule has 0 saturated heterocycles. The summed E-state index contributed by atoms with van der Waals surface area (Å²) < 4.78 is 25.4. The number of nitrogens with zero attached hydrogens (tertiary/aromatic N) is 6. The van der Waals surface area contributed by atoms with Crippen molar-refractivity contribution in [3.63, 3.8) is 0 Å². The van der Waals surface area contributed by atoms with E-state index in [2.05, 4.69) is 35.8 Å². The second kappa shape index (κ2) is 5.27. The summed E-state index contributed by atoms with van der Waals surface area (Å²) in [5, 5.41) is 6.16. The van der Waals surface area contributed by atoms with Gasteiger partial charge in [-0.2, -0.15) is 24.7 Å². The first-order valence-electron chi connectivity index (χ1n) is 4.78. The summed E-state index contributed by atoms with van der Waals surface area (Å²) in [6, 6.07) is 0. The third-order valence-corrected chi connectivity index (χ3v) is 1.79. The maximum Gasteiger partial charge on any atom is 0.258 e. The number of hydrogen-bond donors (Lipinski definition) is 3. The Kier molecular flexibility index (Phi) is 3.52. The molecule has 18 heavy (non-hydrogen) atoms. The highest BCUT2D eigenvalue weighted by Gasteiger charge is 2.09. The largest absolute Gasteiger partial charge is 0.348 e. The lowest BCUT2D eigenvalue weighted by Crippen LogP contribution is -2.18. The maximum absolute atomic E-state index is 12.1. The number of rotatable bonds is 5. The van der Waals surface area contributed by atoms with E-state index in [0.717, 1.165) is 0 Å². The average molecular weight is 257 g/mol. The van der Waals surface area contributed by atoms with Crippen molar-refractivity contribution in [1.82, 2.24) is 29.7 Å². The van der Waals surface area contributed by atoms with Gasteiger partial charge in [0.15, 0.2) is 0 Å². The first-order chi connectivity index (χ1) is 8.69. The van der Waals surface area contributed by atoms with Gasteiger partial charge in [0.2, 0.25) is 11.9 Å². The molecule has 0 atom stereocenters. The number of hydrogen-bond acceptors (Lipinski definition) is 8. The summed E-state index contributed by atoms with van der Waals surface area (Å²) in [5.74, 6) is 5.26. The molecule has 2 rings (SSSR count). The molecule has 2 aromatic heterocycles. The standard InChI is InChI=1S/C7H9F2N9/c8-4(9)1-12-5-14-6(17-10)16-7(15-5)18-3-11-2-13-18/h2-4H,1,10H2,(H2,12,14,15,16,17). The Hall–Kier alpha value is -2.43. The number of halogens is 2. The fourth-order valence-corrected chi connectivity index (χ4v) is 1.09. The lowest BCUT2D eigenvalue weighted by molar-refractivity contribution is 0.163. The molecule has 0 radical (unpaired) electrons. The monoisotopic (exact) mass is 257 g/mol. The molecule has 0 unspecified atom stereocenters. The van der Waals surface area contributed by atoms with Gasteiger partial charge in [0.05, 0.1) is 6.54 Å². The summed E-state index contributed by atoms with van der Waals surface area (Å²) >= 11 is 0. The van der Waals surface area contributed by atoms with Crippen LogP contribution in [0.3, 0.4) is 0 Å². The Balaban J connectivity index is 2.27. The summed E-state index contributed by atoms with van der Waals surface area (Å²) in [4.78, 5) is 15.3. The van der Waals surface area contributed by atoms with Crippen molar-refractivity contribution in [3.8, 4) is 5.95 Å². The lowest BCUT2D eigenvalue weighted by Gasteiger charge is -2.07. The molecule has 9 nitrogen and oxygen atoms in total. The van der Waals surface area contributed by atoms with Gasteiger partial charge in [-0.15, -0.1) is 0 Å². The average Bonchev–Trinajstić information content (AvgIpc) is 2.89. The van der Waals surface area contributed by atoms with Gasteiger partial charge >= 0.3 is 0 Å². The molecule has 0 aliphatic heterocycles. The van der Waals surface area contributed by atoms with E-state index in [-0.39, 0.29) is 17.8 Å². The van der Waals surface area contributed by atoms with Crippen molar-refractivity contribution >= 4 is 11.9 Å². The van der Waals surface area contributed by atoms with E-state index in [1.807, 2.05) is 0 Å². The van der Waals surface area contributed by atoms with Crippen LogP contribution in [-0.4, -0.2) is 42.7 Å². The van der Waals surface area contributed by atoms with Gasteiger partial charge in [0.1, 0.15) is 12.7 Å². The normalized spacial score (nSPS) is 10.7. The van der Waals surface area contributed by atoms with Crippen LogP contribution in [0.15, 0.2) is 12.7 Å². The van der Waals surface area contributed by atoms with Gasteiger partial charge in [-0.25, -0.2) is 19.6 Å². The molecule has 0 fully saturated rings. The number of alkyl halides is 2. The summed E-state index contributed by atoms with van der Waals surface area (Å²) in [7, 11) is 0. The Bertz CT molecular complexity index is 500.